The van der Waals surface area contributed by atoms with Crippen molar-refractivity contribution < 1.29 is 9.18 Å². The fraction of sp³-hybridized carbons (Fsp3) is 0.594. The van der Waals surface area contributed by atoms with Crippen LogP contribution in [0.2, 0.25) is 5.02 Å². The molecule has 2 aromatic carbocycles. The zero-order valence-electron chi connectivity index (χ0n) is 23.2. The monoisotopic (exact) mass is 539 g/mol. The molecule has 2 aromatic rings. The van der Waals surface area contributed by atoms with Gasteiger partial charge in [0, 0.05) is 35.1 Å². The highest BCUT2D eigenvalue weighted by Gasteiger charge is 2.42. The van der Waals surface area contributed by atoms with Crippen LogP contribution in [0.15, 0.2) is 36.4 Å². The molecule has 3 fully saturated rings. The summed E-state index contributed by atoms with van der Waals surface area (Å²) in [6.07, 6.45) is 8.63. The van der Waals surface area contributed by atoms with Gasteiger partial charge in [-0.1, -0.05) is 42.3 Å². The Kier molecular flexibility index (Phi) is 8.76. The first kappa shape index (κ1) is 27.6. The third-order valence-electron chi connectivity index (χ3n) is 9.59. The van der Waals surface area contributed by atoms with Gasteiger partial charge < -0.3 is 14.7 Å². The molecule has 4 nitrogen and oxygen atoms in total. The summed E-state index contributed by atoms with van der Waals surface area (Å²) < 4.78 is 14.4. The van der Waals surface area contributed by atoms with Crippen molar-refractivity contribution in [2.24, 2.45) is 0 Å². The second-order valence-electron chi connectivity index (χ2n) is 11.9. The van der Waals surface area contributed by atoms with Gasteiger partial charge in [-0.05, 0) is 114 Å². The SMILES string of the molecule is Cc1ccc(C2(CCN3CCC(N4CCCCC4)CC3)CCN(C(=O)Cc3c(F)cccc3Cl)C2)cc1C. The Morgan fingerprint density at radius 2 is 1.76 bits per heavy atom. The maximum absolute atomic E-state index is 14.4. The summed E-state index contributed by atoms with van der Waals surface area (Å²) >= 11 is 6.24. The number of likely N-dealkylation sites (tertiary alicyclic amines) is 3. The molecular weight excluding hydrogens is 497 g/mol. The highest BCUT2D eigenvalue weighted by atomic mass is 35.5. The first-order chi connectivity index (χ1) is 18.3. The Hall–Kier alpha value is -1.95. The van der Waals surface area contributed by atoms with Crippen LogP contribution in [0.3, 0.4) is 0 Å². The summed E-state index contributed by atoms with van der Waals surface area (Å²) in [6.45, 7) is 11.7. The van der Waals surface area contributed by atoms with Crippen LogP contribution in [0.25, 0.3) is 0 Å². The third kappa shape index (κ3) is 6.11. The Bertz CT molecular complexity index is 1110. The molecule has 0 spiro atoms. The minimum Gasteiger partial charge on any atom is -0.341 e. The number of rotatable bonds is 7. The van der Waals surface area contributed by atoms with E-state index in [2.05, 4.69) is 41.8 Å². The molecule has 206 valence electrons. The average Bonchev–Trinajstić information content (AvgIpc) is 3.38. The fourth-order valence-electron chi connectivity index (χ4n) is 6.87. The molecule has 0 aromatic heterocycles. The summed E-state index contributed by atoms with van der Waals surface area (Å²) in [6, 6.07) is 12.2. The van der Waals surface area contributed by atoms with Crippen molar-refractivity contribution in [3.8, 4) is 0 Å². The molecule has 0 saturated carbocycles. The quantitative estimate of drug-likeness (QED) is 0.422. The minimum absolute atomic E-state index is 0.0124. The number of hydrogen-bond donors (Lipinski definition) is 0. The molecule has 5 rings (SSSR count). The second kappa shape index (κ2) is 12.1. The number of halogens is 2. The maximum Gasteiger partial charge on any atom is 0.227 e. The number of benzene rings is 2. The molecule has 3 aliphatic rings. The summed E-state index contributed by atoms with van der Waals surface area (Å²) in [4.78, 5) is 20.7. The van der Waals surface area contributed by atoms with E-state index in [9.17, 15) is 9.18 Å². The molecule has 0 bridgehead atoms. The van der Waals surface area contributed by atoms with Crippen LogP contribution in [-0.2, 0) is 16.6 Å². The Balaban J connectivity index is 1.26. The number of hydrogen-bond acceptors (Lipinski definition) is 3. The number of piperidine rings is 2. The van der Waals surface area contributed by atoms with Crippen molar-refractivity contribution >= 4 is 17.5 Å². The van der Waals surface area contributed by atoms with Gasteiger partial charge in [0.1, 0.15) is 5.82 Å². The summed E-state index contributed by atoms with van der Waals surface area (Å²) in [5.41, 5.74) is 4.16. The van der Waals surface area contributed by atoms with Gasteiger partial charge in [0.15, 0.2) is 0 Å². The molecule has 6 heteroatoms. The average molecular weight is 540 g/mol. The molecule has 0 N–H and O–H groups in total. The Morgan fingerprint density at radius 3 is 2.47 bits per heavy atom. The van der Waals surface area contributed by atoms with Crippen LogP contribution < -0.4 is 0 Å². The summed E-state index contributed by atoms with van der Waals surface area (Å²) in [5, 5.41) is 0.325. The third-order valence-corrected chi connectivity index (χ3v) is 9.94. The van der Waals surface area contributed by atoms with E-state index in [1.54, 1.807) is 12.1 Å². The smallest absolute Gasteiger partial charge is 0.227 e. The van der Waals surface area contributed by atoms with E-state index in [4.69, 9.17) is 11.6 Å². The molecule has 1 atom stereocenters. The number of carbonyl (C=O) groups excluding carboxylic acids is 1. The second-order valence-corrected chi connectivity index (χ2v) is 12.3. The van der Waals surface area contributed by atoms with Crippen molar-refractivity contribution in [3.05, 3.63) is 69.5 Å². The standard InChI is InChI=1S/C32H43ClFN3O/c1-24-9-10-26(21-25(24)2)32(13-19-35-17-11-27(12-18-35)36-15-4-3-5-16-36)14-20-37(23-32)31(38)22-28-29(33)7-6-8-30(28)34/h6-10,21,27H,3-5,11-20,22-23H2,1-2H3. The van der Waals surface area contributed by atoms with Crippen LogP contribution in [0.1, 0.15) is 67.2 Å². The molecule has 3 aliphatic heterocycles. The molecule has 1 amide bonds. The van der Waals surface area contributed by atoms with Gasteiger partial charge in [-0.15, -0.1) is 0 Å². The molecular formula is C32H43ClFN3O. The predicted octanol–water partition coefficient (Wildman–Crippen LogP) is 6.15. The van der Waals surface area contributed by atoms with Crippen molar-refractivity contribution in [1.82, 2.24) is 14.7 Å². The first-order valence-electron chi connectivity index (χ1n) is 14.6. The van der Waals surface area contributed by atoms with E-state index in [-0.39, 0.29) is 17.7 Å². The normalized spacial score (nSPS) is 23.7. The molecule has 0 aliphatic carbocycles. The van der Waals surface area contributed by atoms with Gasteiger partial charge in [0.2, 0.25) is 5.91 Å². The van der Waals surface area contributed by atoms with Crippen molar-refractivity contribution in [1.29, 1.82) is 0 Å². The van der Waals surface area contributed by atoms with Gasteiger partial charge >= 0.3 is 0 Å². The fourth-order valence-corrected chi connectivity index (χ4v) is 7.10. The van der Waals surface area contributed by atoms with E-state index in [1.807, 2.05) is 4.90 Å². The molecule has 0 radical (unpaired) electrons. The molecule has 3 heterocycles. The van der Waals surface area contributed by atoms with E-state index in [1.165, 1.54) is 81.0 Å². The Labute approximate surface area is 233 Å². The van der Waals surface area contributed by atoms with Gasteiger partial charge in [-0.2, -0.15) is 0 Å². The van der Waals surface area contributed by atoms with Gasteiger partial charge in [0.25, 0.3) is 0 Å². The van der Waals surface area contributed by atoms with E-state index in [0.717, 1.165) is 25.4 Å². The van der Waals surface area contributed by atoms with Crippen LogP contribution in [0.4, 0.5) is 4.39 Å². The minimum atomic E-state index is -0.404. The topological polar surface area (TPSA) is 26.8 Å². The Morgan fingerprint density at radius 1 is 1.00 bits per heavy atom. The first-order valence-corrected chi connectivity index (χ1v) is 15.0. The van der Waals surface area contributed by atoms with Crippen LogP contribution >= 0.6 is 11.6 Å². The highest BCUT2D eigenvalue weighted by Crippen LogP contribution is 2.39. The van der Waals surface area contributed by atoms with Crippen LogP contribution in [0.5, 0.6) is 0 Å². The molecule has 3 saturated heterocycles. The number of aryl methyl sites for hydroxylation is 2. The summed E-state index contributed by atoms with van der Waals surface area (Å²) in [5.74, 6) is -0.441. The maximum atomic E-state index is 14.4. The van der Waals surface area contributed by atoms with E-state index >= 15 is 0 Å². The predicted molar refractivity (Wildman–Crippen MR) is 153 cm³/mol. The van der Waals surface area contributed by atoms with Crippen molar-refractivity contribution in [2.45, 2.75) is 76.7 Å². The molecule has 1 unspecified atom stereocenters. The zero-order chi connectivity index (χ0) is 26.7. The van der Waals surface area contributed by atoms with E-state index < -0.39 is 5.82 Å². The number of carbonyl (C=O) groups is 1. The molecule has 38 heavy (non-hydrogen) atoms. The lowest BCUT2D eigenvalue weighted by atomic mass is 9.75. The number of amides is 1. The van der Waals surface area contributed by atoms with Crippen molar-refractivity contribution in [3.63, 3.8) is 0 Å². The zero-order valence-corrected chi connectivity index (χ0v) is 23.9. The number of nitrogens with zero attached hydrogens (tertiary/aromatic N) is 3. The summed E-state index contributed by atoms with van der Waals surface area (Å²) in [7, 11) is 0. The van der Waals surface area contributed by atoms with E-state index in [0.29, 0.717) is 23.7 Å². The lowest BCUT2D eigenvalue weighted by Gasteiger charge is -2.41. The van der Waals surface area contributed by atoms with Crippen LogP contribution in [0, 0.1) is 19.7 Å². The van der Waals surface area contributed by atoms with Gasteiger partial charge in [-0.25, -0.2) is 4.39 Å². The van der Waals surface area contributed by atoms with Crippen LogP contribution in [-0.4, -0.2) is 72.5 Å². The lowest BCUT2D eigenvalue weighted by Crippen LogP contribution is -2.47. The lowest BCUT2D eigenvalue weighted by molar-refractivity contribution is -0.129. The van der Waals surface area contributed by atoms with Gasteiger partial charge in [-0.3, -0.25) is 4.79 Å². The largest absolute Gasteiger partial charge is 0.341 e. The highest BCUT2D eigenvalue weighted by molar-refractivity contribution is 6.31. The van der Waals surface area contributed by atoms with Gasteiger partial charge in [0.05, 0.1) is 6.42 Å². The van der Waals surface area contributed by atoms with Crippen molar-refractivity contribution in [2.75, 3.05) is 45.8 Å².